The summed E-state index contributed by atoms with van der Waals surface area (Å²) in [5.41, 5.74) is 7.26. The highest BCUT2D eigenvalue weighted by Crippen LogP contribution is 2.42. The van der Waals surface area contributed by atoms with E-state index in [9.17, 15) is 0 Å². The third kappa shape index (κ3) is 3.86. The lowest BCUT2D eigenvalue weighted by Gasteiger charge is -2.31. The molecular formula is C37H26N2S. The molecule has 1 aromatic heterocycles. The second-order valence-corrected chi connectivity index (χ2v) is 11.3. The molecular weight excluding hydrogens is 504 g/mol. The zero-order valence-electron chi connectivity index (χ0n) is 21.8. The number of thiophene rings is 1. The zero-order valence-corrected chi connectivity index (χ0v) is 22.7. The maximum Gasteiger partial charge on any atom is 0.0972 e. The first-order chi connectivity index (χ1) is 19.8. The van der Waals surface area contributed by atoms with Crippen LogP contribution in [0, 0.1) is 0 Å². The Morgan fingerprint density at radius 2 is 1.23 bits per heavy atom. The van der Waals surface area contributed by atoms with Gasteiger partial charge in [-0.2, -0.15) is 0 Å². The molecule has 0 radical (unpaired) electrons. The van der Waals surface area contributed by atoms with Gasteiger partial charge in [-0.25, -0.2) is 0 Å². The van der Waals surface area contributed by atoms with Crippen molar-refractivity contribution in [3.63, 3.8) is 0 Å². The molecule has 1 aliphatic heterocycles. The monoisotopic (exact) mass is 530 g/mol. The normalized spacial score (nSPS) is 12.8. The summed E-state index contributed by atoms with van der Waals surface area (Å²) in [4.78, 5) is 2.41. The number of benzene rings is 6. The van der Waals surface area contributed by atoms with Crippen LogP contribution in [0.4, 0.5) is 16.4 Å². The fourth-order valence-electron chi connectivity index (χ4n) is 5.93. The van der Waals surface area contributed by atoms with Gasteiger partial charge in [0.15, 0.2) is 0 Å². The van der Waals surface area contributed by atoms with Crippen LogP contribution < -0.4 is 10.2 Å². The molecule has 3 heteroatoms. The van der Waals surface area contributed by atoms with E-state index in [4.69, 9.17) is 0 Å². The van der Waals surface area contributed by atoms with Gasteiger partial charge in [-0.05, 0) is 69.1 Å². The van der Waals surface area contributed by atoms with E-state index in [1.54, 1.807) is 0 Å². The van der Waals surface area contributed by atoms with Crippen molar-refractivity contribution >= 4 is 65.4 Å². The average molecular weight is 531 g/mol. The molecule has 0 amide bonds. The Morgan fingerprint density at radius 1 is 0.550 bits per heavy atom. The third-order valence-corrected chi connectivity index (χ3v) is 9.03. The van der Waals surface area contributed by atoms with Crippen molar-refractivity contribution in [1.82, 2.24) is 0 Å². The maximum atomic E-state index is 3.73. The van der Waals surface area contributed by atoms with Crippen LogP contribution in [0.25, 0.3) is 48.8 Å². The van der Waals surface area contributed by atoms with Gasteiger partial charge in [0.25, 0.3) is 0 Å². The third-order valence-electron chi connectivity index (χ3n) is 7.88. The number of fused-ring (bicyclic) bond motifs is 6. The van der Waals surface area contributed by atoms with E-state index >= 15 is 0 Å². The first-order valence-corrected chi connectivity index (χ1v) is 14.5. The molecule has 6 aromatic carbocycles. The zero-order chi connectivity index (χ0) is 26.5. The van der Waals surface area contributed by atoms with Crippen LogP contribution in [-0.2, 0) is 0 Å². The van der Waals surface area contributed by atoms with Crippen LogP contribution >= 0.6 is 11.3 Å². The fraction of sp³-hybridized carbons (Fsp3) is 0.0270. The molecule has 0 saturated heterocycles. The van der Waals surface area contributed by atoms with Gasteiger partial charge in [-0.3, -0.25) is 0 Å². The van der Waals surface area contributed by atoms with Crippen molar-refractivity contribution in [3.05, 3.63) is 145 Å². The highest BCUT2D eigenvalue weighted by Gasteiger charge is 2.22. The average Bonchev–Trinajstić information content (AvgIpc) is 3.40. The first-order valence-electron chi connectivity index (χ1n) is 13.6. The minimum Gasteiger partial charge on any atom is -0.371 e. The van der Waals surface area contributed by atoms with Crippen molar-refractivity contribution in [3.8, 4) is 11.1 Å². The second-order valence-electron chi connectivity index (χ2n) is 10.3. The summed E-state index contributed by atoms with van der Waals surface area (Å²) < 4.78 is 1.31. The Kier molecular flexibility index (Phi) is 5.42. The first kappa shape index (κ1) is 23.1. The Morgan fingerprint density at radius 3 is 2.10 bits per heavy atom. The summed E-state index contributed by atoms with van der Waals surface area (Å²) in [6, 6.07) is 48.2. The molecule has 8 rings (SSSR count). The molecule has 0 unspecified atom stereocenters. The van der Waals surface area contributed by atoms with Crippen molar-refractivity contribution in [2.75, 3.05) is 16.8 Å². The summed E-state index contributed by atoms with van der Waals surface area (Å²) in [5.74, 6) is 0. The maximum absolute atomic E-state index is 3.73. The minimum absolute atomic E-state index is 0.760. The summed E-state index contributed by atoms with van der Waals surface area (Å²) >= 11 is 1.83. The van der Waals surface area contributed by atoms with Gasteiger partial charge < -0.3 is 10.2 Å². The van der Waals surface area contributed by atoms with E-state index in [-0.39, 0.29) is 0 Å². The number of nitrogens with one attached hydrogen (secondary N) is 1. The molecule has 40 heavy (non-hydrogen) atoms. The summed E-state index contributed by atoms with van der Waals surface area (Å²) in [6.07, 6.45) is 2.38. The highest BCUT2D eigenvalue weighted by molar-refractivity contribution is 7.23. The van der Waals surface area contributed by atoms with Crippen LogP contribution in [0.15, 0.2) is 139 Å². The molecule has 0 spiro atoms. The number of hydrogen-bond donors (Lipinski definition) is 1. The Labute approximate surface area is 237 Å². The number of anilines is 3. The van der Waals surface area contributed by atoms with Crippen LogP contribution in [0.5, 0.6) is 0 Å². The molecule has 2 heterocycles. The molecule has 0 atom stereocenters. The number of nitrogens with zero attached hydrogens (tertiary/aromatic N) is 1. The SMILES string of the molecule is C1=C(N(c2ccc(-c3ccccc3)cc2)c2ccc3c(ccc4ccccc43)c2)CNc2sc3ccccc3c21. The smallest absolute Gasteiger partial charge is 0.0972 e. The summed E-state index contributed by atoms with van der Waals surface area (Å²) in [5, 5.41) is 11.4. The summed E-state index contributed by atoms with van der Waals surface area (Å²) in [6.45, 7) is 0.760. The van der Waals surface area contributed by atoms with E-state index in [1.807, 2.05) is 11.3 Å². The molecule has 2 nitrogen and oxygen atoms in total. The number of hydrogen-bond acceptors (Lipinski definition) is 3. The lowest BCUT2D eigenvalue weighted by Crippen LogP contribution is -2.24. The predicted octanol–water partition coefficient (Wildman–Crippen LogP) is 10.5. The van der Waals surface area contributed by atoms with Gasteiger partial charge in [0.05, 0.1) is 11.5 Å². The lowest BCUT2D eigenvalue weighted by molar-refractivity contribution is 1.09. The Hall–Kier alpha value is -4.86. The van der Waals surface area contributed by atoms with Gasteiger partial charge in [-0.15, -0.1) is 11.3 Å². The topological polar surface area (TPSA) is 15.3 Å². The minimum atomic E-state index is 0.760. The molecule has 0 bridgehead atoms. The van der Waals surface area contributed by atoms with Gasteiger partial charge in [0.1, 0.15) is 0 Å². The molecule has 1 N–H and O–H groups in total. The molecule has 7 aromatic rings. The Bertz CT molecular complexity index is 2050. The van der Waals surface area contributed by atoms with Crippen molar-refractivity contribution in [2.24, 2.45) is 0 Å². The van der Waals surface area contributed by atoms with E-state index < -0.39 is 0 Å². The molecule has 0 saturated carbocycles. The highest BCUT2D eigenvalue weighted by atomic mass is 32.1. The summed E-state index contributed by atoms with van der Waals surface area (Å²) in [7, 11) is 0. The van der Waals surface area contributed by atoms with Crippen molar-refractivity contribution in [2.45, 2.75) is 0 Å². The van der Waals surface area contributed by atoms with Gasteiger partial charge >= 0.3 is 0 Å². The second kappa shape index (κ2) is 9.41. The van der Waals surface area contributed by atoms with E-state index in [0.717, 1.165) is 17.9 Å². The van der Waals surface area contributed by atoms with Crippen LogP contribution in [0.2, 0.25) is 0 Å². The van der Waals surface area contributed by atoms with Crippen LogP contribution in [-0.4, -0.2) is 6.54 Å². The van der Waals surface area contributed by atoms with Crippen molar-refractivity contribution < 1.29 is 0 Å². The van der Waals surface area contributed by atoms with Crippen LogP contribution in [0.1, 0.15) is 5.56 Å². The fourth-order valence-corrected chi connectivity index (χ4v) is 7.00. The largest absolute Gasteiger partial charge is 0.371 e. The molecule has 0 aliphatic carbocycles. The van der Waals surface area contributed by atoms with Gasteiger partial charge in [-0.1, -0.05) is 103 Å². The van der Waals surface area contributed by atoms with E-state index in [2.05, 4.69) is 150 Å². The predicted molar refractivity (Wildman–Crippen MR) is 174 cm³/mol. The standard InChI is InChI=1S/C37H26N2S/c1-2-8-25(9-3-1)26-16-18-29(19-17-26)39(31-23-35-34-12-6-7-13-36(34)40-37(35)38-24-31)30-20-21-33-28(22-30)15-14-27-10-4-5-11-32(27)33/h1-23,38H,24H2. The number of rotatable bonds is 4. The molecule has 0 fully saturated rings. The quantitative estimate of drug-likeness (QED) is 0.228. The van der Waals surface area contributed by atoms with E-state index in [1.165, 1.54) is 59.0 Å². The molecule has 1 aliphatic rings. The Balaban J connectivity index is 1.29. The van der Waals surface area contributed by atoms with Gasteiger partial charge in [0.2, 0.25) is 0 Å². The van der Waals surface area contributed by atoms with Crippen molar-refractivity contribution in [1.29, 1.82) is 0 Å². The van der Waals surface area contributed by atoms with Gasteiger partial charge in [0, 0.05) is 32.7 Å². The molecule has 190 valence electrons. The lowest BCUT2D eigenvalue weighted by atomic mass is 10.0. The van der Waals surface area contributed by atoms with Crippen LogP contribution in [0.3, 0.4) is 0 Å². The van der Waals surface area contributed by atoms with E-state index in [0.29, 0.717) is 0 Å².